The third kappa shape index (κ3) is 6.58. The van der Waals surface area contributed by atoms with Crippen molar-refractivity contribution < 1.29 is 28.9 Å². The summed E-state index contributed by atoms with van der Waals surface area (Å²) in [7, 11) is 0. The van der Waals surface area contributed by atoms with Crippen LogP contribution in [0.2, 0.25) is 5.02 Å². The number of rotatable bonds is 10. The monoisotopic (exact) mass is 503 g/mol. The van der Waals surface area contributed by atoms with Crippen LogP contribution in [-0.2, 0) is 4.79 Å². The number of para-hydroxylation sites is 1. The number of carbonyl (C=O) groups is 2. The number of aliphatic carboxylic acids is 1. The van der Waals surface area contributed by atoms with Gasteiger partial charge in [0.15, 0.2) is 5.69 Å². The molecule has 3 aromatic rings. The number of carboxylic acid groups (broad SMARTS) is 1. The summed E-state index contributed by atoms with van der Waals surface area (Å²) in [5.41, 5.74) is -0.759. The molecule has 35 heavy (non-hydrogen) atoms. The molecular formula is C25H27ClFN3O5. The van der Waals surface area contributed by atoms with Gasteiger partial charge in [-0.3, -0.25) is 9.59 Å². The molecule has 0 spiro atoms. The van der Waals surface area contributed by atoms with Gasteiger partial charge in [-0.05, 0) is 42.7 Å². The van der Waals surface area contributed by atoms with Crippen LogP contribution in [0.1, 0.15) is 49.3 Å². The van der Waals surface area contributed by atoms with E-state index >= 15 is 0 Å². The summed E-state index contributed by atoms with van der Waals surface area (Å²) in [5, 5.41) is 27.1. The van der Waals surface area contributed by atoms with E-state index in [1.165, 1.54) is 24.3 Å². The molecule has 3 rings (SSSR count). The predicted octanol–water partition coefficient (Wildman–Crippen LogP) is 4.40. The first kappa shape index (κ1) is 26.2. The van der Waals surface area contributed by atoms with Gasteiger partial charge in [0, 0.05) is 11.1 Å². The van der Waals surface area contributed by atoms with Crippen LogP contribution in [-0.4, -0.2) is 44.1 Å². The van der Waals surface area contributed by atoms with Crippen LogP contribution in [0.5, 0.6) is 5.88 Å². The molecular weight excluding hydrogens is 477 g/mol. The number of aromatic nitrogens is 2. The SMILES string of the molecule is CC(C)[C@](C)(O)COc1cc(C(=O)NC(CC(=O)O)c2cccc(Cl)c2)nn1-c1ccccc1F. The third-order valence-corrected chi connectivity index (χ3v) is 5.92. The summed E-state index contributed by atoms with van der Waals surface area (Å²) in [6.45, 7) is 5.14. The number of benzene rings is 2. The lowest BCUT2D eigenvalue weighted by atomic mass is 9.94. The van der Waals surface area contributed by atoms with Crippen LogP contribution in [0.25, 0.3) is 5.69 Å². The van der Waals surface area contributed by atoms with Gasteiger partial charge in [0.2, 0.25) is 5.88 Å². The molecule has 0 aliphatic carbocycles. The Morgan fingerprint density at radius 3 is 2.54 bits per heavy atom. The predicted molar refractivity (Wildman–Crippen MR) is 128 cm³/mol. The van der Waals surface area contributed by atoms with Crippen molar-refractivity contribution in [2.24, 2.45) is 5.92 Å². The molecule has 0 saturated carbocycles. The molecule has 2 atom stereocenters. The summed E-state index contributed by atoms with van der Waals surface area (Å²) in [4.78, 5) is 24.5. The first-order valence-corrected chi connectivity index (χ1v) is 11.3. The molecule has 1 aromatic heterocycles. The van der Waals surface area contributed by atoms with Crippen LogP contribution >= 0.6 is 11.6 Å². The Kier molecular flexibility index (Phi) is 8.14. The number of carbonyl (C=O) groups excluding carboxylic acids is 1. The molecule has 0 aliphatic heterocycles. The van der Waals surface area contributed by atoms with Crippen LogP contribution in [0.15, 0.2) is 54.6 Å². The minimum absolute atomic E-state index is 0.0405. The molecule has 1 unspecified atom stereocenters. The second kappa shape index (κ2) is 10.9. The molecule has 186 valence electrons. The molecule has 1 heterocycles. The highest BCUT2D eigenvalue weighted by molar-refractivity contribution is 6.30. The van der Waals surface area contributed by atoms with Crippen LogP contribution in [0.4, 0.5) is 4.39 Å². The Balaban J connectivity index is 1.95. The summed E-state index contributed by atoms with van der Waals surface area (Å²) in [6, 6.07) is 12.8. The topological polar surface area (TPSA) is 114 Å². The smallest absolute Gasteiger partial charge is 0.305 e. The number of halogens is 2. The molecule has 1 amide bonds. The highest BCUT2D eigenvalue weighted by Crippen LogP contribution is 2.26. The fourth-order valence-electron chi connectivity index (χ4n) is 3.14. The van der Waals surface area contributed by atoms with Gasteiger partial charge >= 0.3 is 5.97 Å². The van der Waals surface area contributed by atoms with Crippen molar-refractivity contribution in [1.29, 1.82) is 0 Å². The number of nitrogens with zero attached hydrogens (tertiary/aromatic N) is 2. The lowest BCUT2D eigenvalue weighted by Gasteiger charge is -2.27. The van der Waals surface area contributed by atoms with Crippen molar-refractivity contribution >= 4 is 23.5 Å². The Morgan fingerprint density at radius 1 is 1.20 bits per heavy atom. The molecule has 0 saturated heterocycles. The van der Waals surface area contributed by atoms with Gasteiger partial charge in [0.1, 0.15) is 18.1 Å². The van der Waals surface area contributed by atoms with Crippen molar-refractivity contribution in [2.75, 3.05) is 6.61 Å². The lowest BCUT2D eigenvalue weighted by Crippen LogP contribution is -2.38. The zero-order valence-electron chi connectivity index (χ0n) is 19.5. The number of nitrogens with one attached hydrogen (secondary N) is 1. The van der Waals surface area contributed by atoms with E-state index in [-0.39, 0.29) is 36.2 Å². The van der Waals surface area contributed by atoms with Crippen molar-refractivity contribution in [3.05, 3.63) is 76.7 Å². The van der Waals surface area contributed by atoms with Crippen LogP contribution < -0.4 is 10.1 Å². The molecule has 10 heteroatoms. The molecule has 0 bridgehead atoms. The maximum Gasteiger partial charge on any atom is 0.305 e. The Bertz CT molecular complexity index is 1210. The maximum absolute atomic E-state index is 14.5. The minimum atomic E-state index is -1.19. The van der Waals surface area contributed by atoms with E-state index in [2.05, 4.69) is 10.4 Å². The minimum Gasteiger partial charge on any atom is -0.481 e. The summed E-state index contributed by atoms with van der Waals surface area (Å²) >= 11 is 6.03. The van der Waals surface area contributed by atoms with Gasteiger partial charge in [0.05, 0.1) is 18.1 Å². The standard InChI is InChI=1S/C25H27ClFN3O5/c1-15(2)25(3,34)14-35-22-12-20(29-30(22)21-10-5-4-9-18(21)27)24(33)28-19(13-23(31)32)16-7-6-8-17(26)11-16/h4-12,15,19,34H,13-14H2,1-3H3,(H,28,33)(H,31,32)/t19?,25-/m1/s1. The molecule has 3 N–H and O–H groups in total. The molecule has 0 fully saturated rings. The lowest BCUT2D eigenvalue weighted by molar-refractivity contribution is -0.137. The van der Waals surface area contributed by atoms with Gasteiger partial charge in [0.25, 0.3) is 5.91 Å². The van der Waals surface area contributed by atoms with Crippen molar-refractivity contribution in [1.82, 2.24) is 15.1 Å². The number of carboxylic acids is 1. The summed E-state index contributed by atoms with van der Waals surface area (Å²) in [5.74, 6) is -2.49. The van der Waals surface area contributed by atoms with Gasteiger partial charge in [-0.15, -0.1) is 0 Å². The fraction of sp³-hybridized carbons (Fsp3) is 0.320. The Labute approximate surface area is 207 Å². The third-order valence-electron chi connectivity index (χ3n) is 5.68. The Morgan fingerprint density at radius 2 is 1.91 bits per heavy atom. The second-order valence-corrected chi connectivity index (χ2v) is 9.15. The zero-order chi connectivity index (χ0) is 25.8. The van der Waals surface area contributed by atoms with Gasteiger partial charge in [-0.1, -0.05) is 49.7 Å². The van der Waals surface area contributed by atoms with E-state index in [0.717, 1.165) is 4.68 Å². The summed E-state index contributed by atoms with van der Waals surface area (Å²) < 4.78 is 21.4. The molecule has 0 aliphatic rings. The average molecular weight is 504 g/mol. The first-order chi connectivity index (χ1) is 16.5. The zero-order valence-corrected chi connectivity index (χ0v) is 20.3. The average Bonchev–Trinajstić information content (AvgIpc) is 3.21. The van der Waals surface area contributed by atoms with Gasteiger partial charge < -0.3 is 20.3 Å². The van der Waals surface area contributed by atoms with Crippen molar-refractivity contribution in [2.45, 2.75) is 38.8 Å². The molecule has 2 aromatic carbocycles. The van der Waals surface area contributed by atoms with E-state index in [1.807, 2.05) is 13.8 Å². The highest BCUT2D eigenvalue weighted by Gasteiger charge is 2.28. The number of hydrogen-bond acceptors (Lipinski definition) is 5. The largest absolute Gasteiger partial charge is 0.481 e. The summed E-state index contributed by atoms with van der Waals surface area (Å²) in [6.07, 6.45) is -0.388. The molecule has 8 nitrogen and oxygen atoms in total. The normalized spacial score (nSPS) is 13.8. The number of ether oxygens (including phenoxy) is 1. The van der Waals surface area contributed by atoms with Gasteiger partial charge in [-0.2, -0.15) is 9.78 Å². The number of amides is 1. The van der Waals surface area contributed by atoms with Crippen LogP contribution in [0, 0.1) is 11.7 Å². The second-order valence-electron chi connectivity index (χ2n) is 8.71. The quantitative estimate of drug-likeness (QED) is 0.378. The van der Waals surface area contributed by atoms with E-state index in [1.54, 1.807) is 37.3 Å². The van der Waals surface area contributed by atoms with E-state index in [9.17, 15) is 24.2 Å². The maximum atomic E-state index is 14.5. The number of aliphatic hydroxyl groups is 1. The highest BCUT2D eigenvalue weighted by atomic mass is 35.5. The van der Waals surface area contributed by atoms with Crippen molar-refractivity contribution in [3.8, 4) is 11.6 Å². The van der Waals surface area contributed by atoms with E-state index in [0.29, 0.717) is 10.6 Å². The van der Waals surface area contributed by atoms with E-state index < -0.39 is 29.3 Å². The van der Waals surface area contributed by atoms with Crippen molar-refractivity contribution in [3.63, 3.8) is 0 Å². The Hall–Kier alpha value is -3.43. The molecule has 0 radical (unpaired) electrons. The number of hydrogen-bond donors (Lipinski definition) is 3. The van der Waals surface area contributed by atoms with Crippen LogP contribution in [0.3, 0.4) is 0 Å². The van der Waals surface area contributed by atoms with Gasteiger partial charge in [-0.25, -0.2) is 4.39 Å². The van der Waals surface area contributed by atoms with E-state index in [4.69, 9.17) is 16.3 Å². The first-order valence-electron chi connectivity index (χ1n) is 11.0. The fourth-order valence-corrected chi connectivity index (χ4v) is 3.34.